The zero-order chi connectivity index (χ0) is 32.8. The summed E-state index contributed by atoms with van der Waals surface area (Å²) >= 11 is 0. The number of carbonyl (C=O) groups excluding carboxylic acids is 2. The fourth-order valence-electron chi connectivity index (χ4n) is 6.90. The highest BCUT2D eigenvalue weighted by molar-refractivity contribution is 5.96. The SMILES string of the molecule is CC(=O)N1c2ccc(-c3ccc(CNC(=O)c4cn5cc(-c6cccc7[nH]ncc67)nc(N6CCOCC6)c5n4)cc3)cc2CC[C@@H]1C. The number of aryl methyl sites for hydroxylation is 1. The Morgan fingerprint density at radius 1 is 1.00 bits per heavy atom. The highest BCUT2D eigenvalue weighted by Crippen LogP contribution is 2.35. The quantitative estimate of drug-likeness (QED) is 0.250. The number of aromatic amines is 1. The normalized spacial score (nSPS) is 16.3. The number of carbonyl (C=O) groups is 2. The van der Waals surface area contributed by atoms with Gasteiger partial charge in [0, 0.05) is 61.6 Å². The molecule has 0 saturated carbocycles. The summed E-state index contributed by atoms with van der Waals surface area (Å²) in [6.07, 6.45) is 7.40. The molecule has 2 amide bonds. The Hall–Kier alpha value is -5.55. The molecule has 0 bridgehead atoms. The Balaban J connectivity index is 1.02. The van der Waals surface area contributed by atoms with Crippen LogP contribution in [0.25, 0.3) is 38.9 Å². The van der Waals surface area contributed by atoms with Crippen molar-refractivity contribution >= 4 is 39.9 Å². The van der Waals surface area contributed by atoms with Crippen LogP contribution in [0, 0.1) is 0 Å². The molecule has 0 spiro atoms. The van der Waals surface area contributed by atoms with Crippen molar-refractivity contribution < 1.29 is 14.3 Å². The molecule has 3 aromatic carbocycles. The van der Waals surface area contributed by atoms with Crippen molar-refractivity contribution in [3.8, 4) is 22.4 Å². The number of hydrogen-bond donors (Lipinski definition) is 2. The average Bonchev–Trinajstić information content (AvgIpc) is 3.78. The highest BCUT2D eigenvalue weighted by atomic mass is 16.5. The van der Waals surface area contributed by atoms with Gasteiger partial charge in [-0.2, -0.15) is 5.10 Å². The summed E-state index contributed by atoms with van der Waals surface area (Å²) in [6.45, 7) is 6.68. The summed E-state index contributed by atoms with van der Waals surface area (Å²) in [5.41, 5.74) is 8.99. The summed E-state index contributed by atoms with van der Waals surface area (Å²) in [7, 11) is 0. The summed E-state index contributed by atoms with van der Waals surface area (Å²) < 4.78 is 7.49. The van der Waals surface area contributed by atoms with Gasteiger partial charge in [-0.3, -0.25) is 14.7 Å². The minimum absolute atomic E-state index is 0.0773. The van der Waals surface area contributed by atoms with Gasteiger partial charge in [0.1, 0.15) is 5.69 Å². The average molecular weight is 641 g/mol. The number of imidazole rings is 1. The van der Waals surface area contributed by atoms with E-state index in [4.69, 9.17) is 14.7 Å². The maximum Gasteiger partial charge on any atom is 0.271 e. The number of benzene rings is 3. The van der Waals surface area contributed by atoms with Crippen molar-refractivity contribution in [1.29, 1.82) is 0 Å². The Kier molecular flexibility index (Phi) is 7.60. The molecular weight excluding hydrogens is 604 g/mol. The van der Waals surface area contributed by atoms with Crippen LogP contribution >= 0.6 is 0 Å². The minimum Gasteiger partial charge on any atom is -0.378 e. The van der Waals surface area contributed by atoms with E-state index in [0.717, 1.165) is 63.2 Å². The smallest absolute Gasteiger partial charge is 0.271 e. The van der Waals surface area contributed by atoms with Gasteiger partial charge in [0.15, 0.2) is 11.5 Å². The number of fused-ring (bicyclic) bond motifs is 3. The van der Waals surface area contributed by atoms with Crippen molar-refractivity contribution in [2.45, 2.75) is 39.3 Å². The standard InChI is InChI=1S/C37H36N8O3/c1-23-6-9-28-18-27(12-13-34(28)45(23)24(2)46)26-10-7-25(8-11-26)19-38-37(47)33-22-44-21-32(29-4-3-5-31-30(29)20-39-42-31)40-35(36(44)41-33)43-14-16-48-17-15-43/h3-5,7-8,10-13,18,20-23H,6,9,14-17,19H2,1-2H3,(H,38,47)(H,39,42)/t23-/m0/s1. The van der Waals surface area contributed by atoms with Crippen molar-refractivity contribution in [1.82, 2.24) is 29.9 Å². The number of H-pyrrole nitrogens is 1. The van der Waals surface area contributed by atoms with Gasteiger partial charge in [-0.1, -0.05) is 42.5 Å². The summed E-state index contributed by atoms with van der Waals surface area (Å²) in [5.74, 6) is 0.540. The third kappa shape index (κ3) is 5.45. The summed E-state index contributed by atoms with van der Waals surface area (Å²) in [5, 5.41) is 11.3. The first-order chi connectivity index (χ1) is 23.4. The number of aromatic nitrogens is 5. The zero-order valence-electron chi connectivity index (χ0n) is 26.9. The van der Waals surface area contributed by atoms with Crippen LogP contribution < -0.4 is 15.1 Å². The fourth-order valence-corrected chi connectivity index (χ4v) is 6.90. The molecule has 8 rings (SSSR count). The maximum atomic E-state index is 13.4. The van der Waals surface area contributed by atoms with Gasteiger partial charge in [0.05, 0.1) is 30.6 Å². The number of ether oxygens (including phenoxy) is 1. The first-order valence-corrected chi connectivity index (χ1v) is 16.4. The van der Waals surface area contributed by atoms with E-state index < -0.39 is 0 Å². The van der Waals surface area contributed by atoms with Crippen LogP contribution in [0.3, 0.4) is 0 Å². The molecule has 5 heterocycles. The topological polar surface area (TPSA) is 121 Å². The number of amides is 2. The van der Waals surface area contributed by atoms with Crippen LogP contribution in [-0.2, 0) is 22.5 Å². The molecular formula is C37H36N8O3. The highest BCUT2D eigenvalue weighted by Gasteiger charge is 2.26. The van der Waals surface area contributed by atoms with E-state index >= 15 is 0 Å². The van der Waals surface area contributed by atoms with Crippen LogP contribution in [0.2, 0.25) is 0 Å². The third-order valence-electron chi connectivity index (χ3n) is 9.41. The van der Waals surface area contributed by atoms with E-state index in [2.05, 4.69) is 57.7 Å². The van der Waals surface area contributed by atoms with Crippen molar-refractivity contribution in [3.63, 3.8) is 0 Å². The first-order valence-electron chi connectivity index (χ1n) is 16.4. The van der Waals surface area contributed by atoms with E-state index in [1.54, 1.807) is 19.3 Å². The second-order valence-electron chi connectivity index (χ2n) is 12.5. The number of nitrogens with one attached hydrogen (secondary N) is 2. The fraction of sp³-hybridized carbons (Fsp3) is 0.270. The predicted octanol–water partition coefficient (Wildman–Crippen LogP) is 5.39. The molecule has 2 aliphatic heterocycles. The van der Waals surface area contributed by atoms with E-state index in [9.17, 15) is 9.59 Å². The lowest BCUT2D eigenvalue weighted by Crippen LogP contribution is -2.40. The van der Waals surface area contributed by atoms with Crippen LogP contribution in [-0.4, -0.2) is 68.7 Å². The Morgan fingerprint density at radius 2 is 1.81 bits per heavy atom. The van der Waals surface area contributed by atoms with Gasteiger partial charge in [0.25, 0.3) is 5.91 Å². The predicted molar refractivity (Wildman–Crippen MR) is 185 cm³/mol. The van der Waals surface area contributed by atoms with Gasteiger partial charge in [-0.25, -0.2) is 9.97 Å². The zero-order valence-corrected chi connectivity index (χ0v) is 26.9. The molecule has 2 N–H and O–H groups in total. The molecule has 1 saturated heterocycles. The van der Waals surface area contributed by atoms with E-state index in [1.807, 2.05) is 45.8 Å². The number of morpholine rings is 1. The monoisotopic (exact) mass is 640 g/mol. The van der Waals surface area contributed by atoms with E-state index in [1.165, 1.54) is 5.56 Å². The van der Waals surface area contributed by atoms with Gasteiger partial charge < -0.3 is 24.3 Å². The van der Waals surface area contributed by atoms with Crippen LogP contribution in [0.1, 0.15) is 41.9 Å². The Morgan fingerprint density at radius 3 is 2.62 bits per heavy atom. The molecule has 11 heteroatoms. The lowest BCUT2D eigenvalue weighted by Gasteiger charge is -2.34. The van der Waals surface area contributed by atoms with Crippen molar-refractivity contribution in [3.05, 3.63) is 96.1 Å². The molecule has 3 aromatic heterocycles. The second kappa shape index (κ2) is 12.2. The Bertz CT molecular complexity index is 2160. The molecule has 0 aliphatic carbocycles. The molecule has 2 aliphatic rings. The first kappa shape index (κ1) is 29.8. The molecule has 6 aromatic rings. The molecule has 11 nitrogen and oxygen atoms in total. The lowest BCUT2D eigenvalue weighted by atomic mass is 9.93. The molecule has 48 heavy (non-hydrogen) atoms. The molecule has 0 unspecified atom stereocenters. The second-order valence-corrected chi connectivity index (χ2v) is 12.5. The van der Waals surface area contributed by atoms with E-state index in [-0.39, 0.29) is 17.9 Å². The van der Waals surface area contributed by atoms with Crippen LogP contribution in [0.5, 0.6) is 0 Å². The van der Waals surface area contributed by atoms with Crippen molar-refractivity contribution in [2.24, 2.45) is 0 Å². The van der Waals surface area contributed by atoms with Crippen LogP contribution in [0.4, 0.5) is 11.5 Å². The molecule has 1 atom stereocenters. The Labute approximate surface area is 277 Å². The summed E-state index contributed by atoms with van der Waals surface area (Å²) in [4.78, 5) is 39.6. The largest absolute Gasteiger partial charge is 0.378 e. The van der Waals surface area contributed by atoms with Crippen LogP contribution in [0.15, 0.2) is 79.3 Å². The molecule has 0 radical (unpaired) electrons. The van der Waals surface area contributed by atoms with Gasteiger partial charge in [-0.15, -0.1) is 0 Å². The van der Waals surface area contributed by atoms with Gasteiger partial charge in [-0.05, 0) is 60.2 Å². The lowest BCUT2D eigenvalue weighted by molar-refractivity contribution is -0.117. The summed E-state index contributed by atoms with van der Waals surface area (Å²) in [6, 6.07) is 20.7. The minimum atomic E-state index is -0.256. The molecule has 242 valence electrons. The number of anilines is 2. The number of hydrogen-bond acceptors (Lipinski definition) is 7. The van der Waals surface area contributed by atoms with Crippen molar-refractivity contribution in [2.75, 3.05) is 36.1 Å². The number of rotatable bonds is 6. The van der Waals surface area contributed by atoms with Gasteiger partial charge >= 0.3 is 0 Å². The maximum absolute atomic E-state index is 13.4. The number of nitrogens with zero attached hydrogens (tertiary/aromatic N) is 6. The van der Waals surface area contributed by atoms with E-state index in [0.29, 0.717) is 44.2 Å². The van der Waals surface area contributed by atoms with Gasteiger partial charge in [0.2, 0.25) is 5.91 Å². The third-order valence-corrected chi connectivity index (χ3v) is 9.41. The molecule has 1 fully saturated rings.